The summed E-state index contributed by atoms with van der Waals surface area (Å²) in [6.45, 7) is 0. The highest BCUT2D eigenvalue weighted by Gasteiger charge is 2.21. The summed E-state index contributed by atoms with van der Waals surface area (Å²) in [6, 6.07) is 19.6. The van der Waals surface area contributed by atoms with Crippen LogP contribution in [0.4, 0.5) is 5.69 Å². The van der Waals surface area contributed by atoms with E-state index >= 15 is 0 Å². The van der Waals surface area contributed by atoms with Crippen LogP contribution in [0.1, 0.15) is 0 Å². The van der Waals surface area contributed by atoms with Crippen molar-refractivity contribution in [2.45, 2.75) is 0 Å². The number of aromatic amines is 1. The smallest absolute Gasteiger partial charge is 0.270 e. The number of H-pyrrole nitrogens is 1. The zero-order valence-electron chi connectivity index (χ0n) is 17.8. The highest BCUT2D eigenvalue weighted by atomic mass is 16.6. The molecule has 0 aliphatic carbocycles. The molecule has 32 heavy (non-hydrogen) atoms. The van der Waals surface area contributed by atoms with Crippen molar-refractivity contribution >= 4 is 5.69 Å². The van der Waals surface area contributed by atoms with Crippen LogP contribution in [0, 0.1) is 10.1 Å². The Balaban J connectivity index is 1.95. The number of hydrogen-bond donors (Lipinski definition) is 1. The zero-order valence-corrected chi connectivity index (χ0v) is 17.8. The van der Waals surface area contributed by atoms with Crippen LogP contribution >= 0.6 is 0 Å². The summed E-state index contributed by atoms with van der Waals surface area (Å²) in [6.07, 6.45) is 0. The standard InChI is InChI=1S/C24H21N3O5/c1-30-19-12-10-17(27(28)29)14-18(19)23-22(15-7-5-4-6-8-15)25-24(26-23)16-9-11-20(31-2)21(13-16)32-3/h4-14H,1-3H3,(H,25,26). The Morgan fingerprint density at radius 2 is 1.50 bits per heavy atom. The molecular formula is C24H21N3O5. The van der Waals surface area contributed by atoms with E-state index in [0.717, 1.165) is 11.1 Å². The highest BCUT2D eigenvalue weighted by Crippen LogP contribution is 2.40. The van der Waals surface area contributed by atoms with Crippen LogP contribution in [0.3, 0.4) is 0 Å². The number of nitrogens with zero attached hydrogens (tertiary/aromatic N) is 2. The van der Waals surface area contributed by atoms with E-state index in [2.05, 4.69) is 4.98 Å². The average molecular weight is 431 g/mol. The minimum atomic E-state index is -0.434. The molecule has 1 N–H and O–H groups in total. The van der Waals surface area contributed by atoms with Gasteiger partial charge in [0.1, 0.15) is 11.6 Å². The van der Waals surface area contributed by atoms with Gasteiger partial charge in [0.15, 0.2) is 11.5 Å². The van der Waals surface area contributed by atoms with Crippen LogP contribution < -0.4 is 14.2 Å². The molecule has 0 aliphatic rings. The second kappa shape index (κ2) is 8.81. The van der Waals surface area contributed by atoms with Gasteiger partial charge in [-0.3, -0.25) is 10.1 Å². The molecule has 162 valence electrons. The van der Waals surface area contributed by atoms with Crippen molar-refractivity contribution in [2.24, 2.45) is 0 Å². The Hall–Kier alpha value is -4.33. The topological polar surface area (TPSA) is 99.5 Å². The maximum atomic E-state index is 11.4. The first kappa shape index (κ1) is 20.9. The molecule has 1 heterocycles. The minimum Gasteiger partial charge on any atom is -0.496 e. The van der Waals surface area contributed by atoms with Gasteiger partial charge in [0, 0.05) is 28.8 Å². The van der Waals surface area contributed by atoms with E-state index in [1.165, 1.54) is 19.2 Å². The van der Waals surface area contributed by atoms with Gasteiger partial charge >= 0.3 is 0 Å². The normalized spacial score (nSPS) is 10.6. The van der Waals surface area contributed by atoms with Crippen molar-refractivity contribution in [2.75, 3.05) is 21.3 Å². The van der Waals surface area contributed by atoms with Crippen molar-refractivity contribution in [3.05, 3.63) is 76.8 Å². The molecule has 0 saturated carbocycles. The summed E-state index contributed by atoms with van der Waals surface area (Å²) in [5.74, 6) is 2.24. The molecule has 0 saturated heterocycles. The lowest BCUT2D eigenvalue weighted by molar-refractivity contribution is -0.384. The third-order valence-electron chi connectivity index (χ3n) is 5.07. The first-order chi connectivity index (χ1) is 15.5. The van der Waals surface area contributed by atoms with E-state index in [1.54, 1.807) is 26.4 Å². The van der Waals surface area contributed by atoms with E-state index in [9.17, 15) is 10.1 Å². The predicted molar refractivity (Wildman–Crippen MR) is 121 cm³/mol. The third-order valence-corrected chi connectivity index (χ3v) is 5.07. The lowest BCUT2D eigenvalue weighted by atomic mass is 10.0. The molecule has 0 radical (unpaired) electrons. The quantitative estimate of drug-likeness (QED) is 0.313. The number of aromatic nitrogens is 2. The number of imidazole rings is 1. The number of nitro benzene ring substituents is 1. The first-order valence-corrected chi connectivity index (χ1v) is 9.76. The number of nitrogens with one attached hydrogen (secondary N) is 1. The second-order valence-electron chi connectivity index (χ2n) is 6.89. The van der Waals surface area contributed by atoms with Crippen molar-refractivity contribution in [1.82, 2.24) is 9.97 Å². The van der Waals surface area contributed by atoms with Gasteiger partial charge < -0.3 is 19.2 Å². The van der Waals surface area contributed by atoms with E-state index in [0.29, 0.717) is 40.0 Å². The molecule has 8 nitrogen and oxygen atoms in total. The van der Waals surface area contributed by atoms with Crippen LogP contribution in [-0.4, -0.2) is 36.2 Å². The first-order valence-electron chi connectivity index (χ1n) is 9.76. The fourth-order valence-corrected chi connectivity index (χ4v) is 3.50. The van der Waals surface area contributed by atoms with Crippen molar-refractivity contribution < 1.29 is 19.1 Å². The fraction of sp³-hybridized carbons (Fsp3) is 0.125. The summed E-state index contributed by atoms with van der Waals surface area (Å²) in [4.78, 5) is 19.1. The molecule has 8 heteroatoms. The molecule has 1 aromatic heterocycles. The lowest BCUT2D eigenvalue weighted by Crippen LogP contribution is -1.94. The molecule has 0 amide bonds. The minimum absolute atomic E-state index is 0.0397. The molecule has 0 spiro atoms. The molecular weight excluding hydrogens is 410 g/mol. The van der Waals surface area contributed by atoms with Crippen LogP contribution in [0.15, 0.2) is 66.7 Å². The maximum absolute atomic E-state index is 11.4. The van der Waals surface area contributed by atoms with Gasteiger partial charge in [0.2, 0.25) is 0 Å². The summed E-state index contributed by atoms with van der Waals surface area (Å²) in [5, 5.41) is 11.4. The van der Waals surface area contributed by atoms with Crippen LogP contribution in [0.2, 0.25) is 0 Å². The maximum Gasteiger partial charge on any atom is 0.270 e. The molecule has 0 atom stereocenters. The molecule has 0 aliphatic heterocycles. The van der Waals surface area contributed by atoms with Gasteiger partial charge in [-0.1, -0.05) is 30.3 Å². The van der Waals surface area contributed by atoms with Crippen molar-refractivity contribution in [3.63, 3.8) is 0 Å². The second-order valence-corrected chi connectivity index (χ2v) is 6.89. The zero-order chi connectivity index (χ0) is 22.7. The Morgan fingerprint density at radius 3 is 2.16 bits per heavy atom. The number of non-ortho nitro benzene ring substituents is 1. The summed E-state index contributed by atoms with van der Waals surface area (Å²) in [7, 11) is 4.67. The number of rotatable bonds is 7. The number of methoxy groups -OCH3 is 3. The molecule has 4 rings (SSSR count). The van der Waals surface area contributed by atoms with E-state index in [-0.39, 0.29) is 5.69 Å². The predicted octanol–water partition coefficient (Wildman–Crippen LogP) is 5.34. The van der Waals surface area contributed by atoms with Crippen molar-refractivity contribution in [3.8, 4) is 51.2 Å². The van der Waals surface area contributed by atoms with Gasteiger partial charge in [-0.15, -0.1) is 0 Å². The van der Waals surface area contributed by atoms with E-state index < -0.39 is 4.92 Å². The summed E-state index contributed by atoms with van der Waals surface area (Å²) >= 11 is 0. The Bertz CT molecular complexity index is 1270. The van der Waals surface area contributed by atoms with Crippen LogP contribution in [0.5, 0.6) is 17.2 Å². The number of nitro groups is 1. The summed E-state index contributed by atoms with van der Waals surface area (Å²) < 4.78 is 16.2. The molecule has 0 bridgehead atoms. The summed E-state index contributed by atoms with van der Waals surface area (Å²) in [5.41, 5.74) is 3.40. The molecule has 0 unspecified atom stereocenters. The third kappa shape index (κ3) is 3.85. The van der Waals surface area contributed by atoms with Gasteiger partial charge in [-0.05, 0) is 24.3 Å². The van der Waals surface area contributed by atoms with E-state index in [1.807, 2.05) is 42.5 Å². The lowest BCUT2D eigenvalue weighted by Gasteiger charge is -2.09. The number of hydrogen-bond acceptors (Lipinski definition) is 6. The molecule has 3 aromatic carbocycles. The molecule has 4 aromatic rings. The van der Waals surface area contributed by atoms with Crippen LogP contribution in [-0.2, 0) is 0 Å². The van der Waals surface area contributed by atoms with E-state index in [4.69, 9.17) is 19.2 Å². The molecule has 0 fully saturated rings. The Morgan fingerprint density at radius 1 is 0.812 bits per heavy atom. The average Bonchev–Trinajstić information content (AvgIpc) is 3.29. The number of benzene rings is 3. The fourth-order valence-electron chi connectivity index (χ4n) is 3.50. The van der Waals surface area contributed by atoms with Gasteiger partial charge in [0.05, 0.1) is 37.6 Å². The van der Waals surface area contributed by atoms with Gasteiger partial charge in [-0.25, -0.2) is 4.98 Å². The van der Waals surface area contributed by atoms with Gasteiger partial charge in [0.25, 0.3) is 5.69 Å². The Labute approximate surface area is 184 Å². The number of ether oxygens (including phenoxy) is 3. The van der Waals surface area contributed by atoms with Gasteiger partial charge in [-0.2, -0.15) is 0 Å². The van der Waals surface area contributed by atoms with Crippen molar-refractivity contribution in [1.29, 1.82) is 0 Å². The largest absolute Gasteiger partial charge is 0.496 e. The highest BCUT2D eigenvalue weighted by molar-refractivity contribution is 5.85. The monoisotopic (exact) mass is 431 g/mol. The Kier molecular flexibility index (Phi) is 5.76. The SMILES string of the molecule is COc1ccc(-c2nc(-c3ccccc3)c(-c3cc([N+](=O)[O-])ccc3OC)[nH]2)cc1OC. The van der Waals surface area contributed by atoms with Crippen LogP contribution in [0.25, 0.3) is 33.9 Å².